The molecule has 0 atom stereocenters. The summed E-state index contributed by atoms with van der Waals surface area (Å²) in [6.07, 6.45) is 3.35. The number of nitrogens with zero attached hydrogens (tertiary/aromatic N) is 2. The van der Waals surface area contributed by atoms with Crippen molar-refractivity contribution in [3.63, 3.8) is 0 Å². The monoisotopic (exact) mass is 486 g/mol. The van der Waals surface area contributed by atoms with E-state index in [0.29, 0.717) is 49.6 Å². The Bertz CT molecular complexity index is 1160. The molecule has 0 spiro atoms. The van der Waals surface area contributed by atoms with Gasteiger partial charge in [0.25, 0.3) is 0 Å². The minimum Gasteiger partial charge on any atom is -0.368 e. The van der Waals surface area contributed by atoms with Crippen LogP contribution in [0.3, 0.4) is 0 Å². The van der Waals surface area contributed by atoms with Gasteiger partial charge in [-0.05, 0) is 23.1 Å². The fraction of sp³-hybridized carbons (Fsp3) is 0.286. The Hall–Kier alpha value is -4.20. The number of benzene rings is 2. The summed E-state index contributed by atoms with van der Waals surface area (Å²) >= 11 is 0. The molecule has 1 heterocycles. The number of anilines is 2. The largest absolute Gasteiger partial charge is 0.368 e. The fourth-order valence-corrected chi connectivity index (χ4v) is 3.37. The summed E-state index contributed by atoms with van der Waals surface area (Å²) in [7, 11) is 0. The molecule has 0 aliphatic carbocycles. The average molecular weight is 487 g/mol. The Morgan fingerprint density at radius 1 is 0.833 bits per heavy atom. The van der Waals surface area contributed by atoms with Crippen LogP contribution in [0.25, 0.3) is 17.5 Å². The van der Waals surface area contributed by atoms with Crippen LogP contribution in [0.1, 0.15) is 37.8 Å². The Labute approximate surface area is 212 Å². The molecular weight excluding hydrogens is 452 g/mol. The molecule has 4 N–H and O–H groups in total. The zero-order chi connectivity index (χ0) is 25.8. The molecule has 2 aromatic carbocycles. The predicted octanol–water partition coefficient (Wildman–Crippen LogP) is 4.06. The van der Waals surface area contributed by atoms with Crippen molar-refractivity contribution in [2.75, 3.05) is 36.8 Å². The van der Waals surface area contributed by atoms with Gasteiger partial charge in [0.15, 0.2) is 5.82 Å². The summed E-state index contributed by atoms with van der Waals surface area (Å²) in [5.74, 6) is 2.12. The predicted molar refractivity (Wildman–Crippen MR) is 146 cm³/mol. The van der Waals surface area contributed by atoms with Crippen molar-refractivity contribution >= 4 is 29.5 Å². The Balaban J connectivity index is 1.54. The van der Waals surface area contributed by atoms with Gasteiger partial charge in [-0.25, -0.2) is 9.97 Å². The first-order chi connectivity index (χ1) is 17.4. The highest BCUT2D eigenvalue weighted by molar-refractivity contribution is 5.91. The van der Waals surface area contributed by atoms with Gasteiger partial charge in [0.1, 0.15) is 11.6 Å². The number of aromatic nitrogens is 2. The minimum absolute atomic E-state index is 0.0762. The average Bonchev–Trinajstić information content (AvgIpc) is 2.88. The summed E-state index contributed by atoms with van der Waals surface area (Å²) in [5, 5.41) is 12.1. The van der Waals surface area contributed by atoms with Crippen LogP contribution in [0.4, 0.5) is 11.6 Å². The lowest BCUT2D eigenvalue weighted by Gasteiger charge is -2.12. The molecule has 36 heavy (non-hydrogen) atoms. The number of carbonyl (C=O) groups excluding carboxylic acids is 2. The minimum atomic E-state index is -0.155. The highest BCUT2D eigenvalue weighted by atomic mass is 16.2. The Kier molecular flexibility index (Phi) is 10.00. The number of carbonyl (C=O) groups is 2. The van der Waals surface area contributed by atoms with Crippen LogP contribution < -0.4 is 21.3 Å². The molecule has 0 bridgehead atoms. The SMILES string of the molecule is CC(=O)NCCNc1cc(NCCNC(=O)C=Cc2ccc(C(C)C)cc2)nc(-c2ccccc2)n1. The molecule has 0 aliphatic heterocycles. The summed E-state index contributed by atoms with van der Waals surface area (Å²) in [6, 6.07) is 19.7. The molecule has 8 heteroatoms. The van der Waals surface area contributed by atoms with Crippen molar-refractivity contribution in [2.24, 2.45) is 0 Å². The van der Waals surface area contributed by atoms with Crippen molar-refractivity contribution in [3.05, 3.63) is 77.9 Å². The lowest BCUT2D eigenvalue weighted by molar-refractivity contribution is -0.119. The van der Waals surface area contributed by atoms with E-state index in [1.807, 2.05) is 54.6 Å². The molecule has 0 saturated carbocycles. The van der Waals surface area contributed by atoms with Gasteiger partial charge in [0, 0.05) is 50.8 Å². The maximum atomic E-state index is 12.2. The molecule has 8 nitrogen and oxygen atoms in total. The zero-order valence-corrected chi connectivity index (χ0v) is 21.0. The van der Waals surface area contributed by atoms with Crippen LogP contribution in [-0.4, -0.2) is 48.0 Å². The number of hydrogen-bond donors (Lipinski definition) is 4. The van der Waals surface area contributed by atoms with E-state index in [0.717, 1.165) is 11.1 Å². The maximum Gasteiger partial charge on any atom is 0.244 e. The fourth-order valence-electron chi connectivity index (χ4n) is 3.37. The second-order valence-corrected chi connectivity index (χ2v) is 8.61. The molecule has 3 rings (SSSR count). The van der Waals surface area contributed by atoms with E-state index >= 15 is 0 Å². The van der Waals surface area contributed by atoms with E-state index in [4.69, 9.17) is 0 Å². The lowest BCUT2D eigenvalue weighted by Crippen LogP contribution is -2.27. The van der Waals surface area contributed by atoms with E-state index in [2.05, 4.69) is 57.2 Å². The molecule has 2 amide bonds. The van der Waals surface area contributed by atoms with Gasteiger partial charge in [0.2, 0.25) is 11.8 Å². The summed E-state index contributed by atoms with van der Waals surface area (Å²) in [4.78, 5) is 32.5. The topological polar surface area (TPSA) is 108 Å². The third-order valence-electron chi connectivity index (χ3n) is 5.32. The van der Waals surface area contributed by atoms with Crippen molar-refractivity contribution in [2.45, 2.75) is 26.7 Å². The van der Waals surface area contributed by atoms with Crippen molar-refractivity contribution in [3.8, 4) is 11.4 Å². The van der Waals surface area contributed by atoms with Gasteiger partial charge >= 0.3 is 0 Å². The smallest absolute Gasteiger partial charge is 0.244 e. The van der Waals surface area contributed by atoms with Gasteiger partial charge in [0.05, 0.1) is 0 Å². The molecular formula is C28H34N6O2. The molecule has 0 aliphatic rings. The van der Waals surface area contributed by atoms with E-state index in [1.54, 1.807) is 6.08 Å². The van der Waals surface area contributed by atoms with Gasteiger partial charge in [-0.15, -0.1) is 0 Å². The number of hydrogen-bond acceptors (Lipinski definition) is 6. The normalized spacial score (nSPS) is 10.9. The van der Waals surface area contributed by atoms with Crippen molar-refractivity contribution < 1.29 is 9.59 Å². The summed E-state index contributed by atoms with van der Waals surface area (Å²) in [6.45, 7) is 7.75. The molecule has 1 aromatic heterocycles. The first-order valence-electron chi connectivity index (χ1n) is 12.1. The van der Waals surface area contributed by atoms with Gasteiger partial charge in [-0.1, -0.05) is 68.4 Å². The molecule has 0 unspecified atom stereocenters. The van der Waals surface area contributed by atoms with Crippen LogP contribution >= 0.6 is 0 Å². The summed E-state index contributed by atoms with van der Waals surface area (Å²) in [5.41, 5.74) is 3.15. The first-order valence-corrected chi connectivity index (χ1v) is 12.1. The van der Waals surface area contributed by atoms with Crippen LogP contribution in [-0.2, 0) is 9.59 Å². The second-order valence-electron chi connectivity index (χ2n) is 8.61. The van der Waals surface area contributed by atoms with E-state index < -0.39 is 0 Å². The molecule has 0 saturated heterocycles. The van der Waals surface area contributed by atoms with Gasteiger partial charge in [-0.2, -0.15) is 0 Å². The number of rotatable bonds is 12. The van der Waals surface area contributed by atoms with E-state index in [1.165, 1.54) is 12.5 Å². The number of amides is 2. The molecule has 0 radical (unpaired) electrons. The molecule has 3 aromatic rings. The molecule has 0 fully saturated rings. The second kappa shape index (κ2) is 13.6. The maximum absolute atomic E-state index is 12.2. The highest BCUT2D eigenvalue weighted by Crippen LogP contribution is 2.20. The van der Waals surface area contributed by atoms with E-state index in [-0.39, 0.29) is 11.8 Å². The Morgan fingerprint density at radius 2 is 1.44 bits per heavy atom. The zero-order valence-electron chi connectivity index (χ0n) is 21.0. The third kappa shape index (κ3) is 8.87. The van der Waals surface area contributed by atoms with Crippen LogP contribution in [0, 0.1) is 0 Å². The van der Waals surface area contributed by atoms with Crippen molar-refractivity contribution in [1.82, 2.24) is 20.6 Å². The van der Waals surface area contributed by atoms with Crippen LogP contribution in [0.2, 0.25) is 0 Å². The number of nitrogens with one attached hydrogen (secondary N) is 4. The summed E-state index contributed by atoms with van der Waals surface area (Å²) < 4.78 is 0. The van der Waals surface area contributed by atoms with Crippen LogP contribution in [0.5, 0.6) is 0 Å². The van der Waals surface area contributed by atoms with Gasteiger partial charge < -0.3 is 21.3 Å². The van der Waals surface area contributed by atoms with Crippen molar-refractivity contribution in [1.29, 1.82) is 0 Å². The van der Waals surface area contributed by atoms with Crippen LogP contribution in [0.15, 0.2) is 66.7 Å². The standard InChI is InChI=1S/C28H34N6O2/c1-20(2)23-12-9-22(10-13-23)11-14-27(36)32-18-17-31-26-19-25(30-16-15-29-21(3)35)33-28(34-26)24-7-5-4-6-8-24/h4-14,19-20H,15-18H2,1-3H3,(H,29,35)(H,32,36)(H2,30,31,33,34). The van der Waals surface area contributed by atoms with E-state index in [9.17, 15) is 9.59 Å². The Morgan fingerprint density at radius 3 is 2.03 bits per heavy atom. The quantitative estimate of drug-likeness (QED) is 0.227. The first kappa shape index (κ1) is 26.4. The lowest BCUT2D eigenvalue weighted by atomic mass is 10.0. The molecule has 188 valence electrons. The highest BCUT2D eigenvalue weighted by Gasteiger charge is 2.07. The third-order valence-corrected chi connectivity index (χ3v) is 5.32. The van der Waals surface area contributed by atoms with Gasteiger partial charge in [-0.3, -0.25) is 9.59 Å².